The molecule has 3 aromatic heterocycles. The van der Waals surface area contributed by atoms with Crippen molar-refractivity contribution in [1.82, 2.24) is 35.2 Å². The van der Waals surface area contributed by atoms with E-state index in [0.717, 1.165) is 23.1 Å². The van der Waals surface area contributed by atoms with Crippen molar-refractivity contribution in [1.29, 1.82) is 0 Å². The molecule has 58 heavy (non-hydrogen) atoms. The van der Waals surface area contributed by atoms with Gasteiger partial charge in [-0.3, -0.25) is 23.7 Å². The Morgan fingerprint density at radius 3 is 2.40 bits per heavy atom. The highest BCUT2D eigenvalue weighted by atomic mass is 35.5. The highest BCUT2D eigenvalue weighted by Gasteiger charge is 2.60. The first-order chi connectivity index (χ1) is 27.1. The van der Waals surface area contributed by atoms with Crippen LogP contribution in [0, 0.1) is 41.2 Å². The first-order valence-corrected chi connectivity index (χ1v) is 19.8. The number of hydrogen-bond acceptors (Lipinski definition) is 8. The predicted octanol–water partition coefficient (Wildman–Crippen LogP) is 4.54. The lowest BCUT2D eigenvalue weighted by Crippen LogP contribution is -2.36. The van der Waals surface area contributed by atoms with Crippen LogP contribution in [0.25, 0.3) is 22.0 Å². The highest BCUT2D eigenvalue weighted by Crippen LogP contribution is 2.56. The SMILES string of the molecule is CNC(=O)c1nn(CC(=O)N[C@@H](Cc2cc(F)cc(F)c2)c2nc(C#CC(C)(C)O)ccc2-c2ccc(Cl)c3c(NS(C)(=O)=O)nn(C)c23)c2c1[C@H]1C#C[C@H]1C2(F)F. The van der Waals surface area contributed by atoms with Crippen molar-refractivity contribution in [2.45, 2.75) is 50.3 Å². The molecule has 0 saturated carbocycles. The summed E-state index contributed by atoms with van der Waals surface area (Å²) in [4.78, 5) is 31.6. The van der Waals surface area contributed by atoms with Gasteiger partial charge in [-0.25, -0.2) is 22.2 Å². The number of hydrogen-bond donors (Lipinski definition) is 4. The van der Waals surface area contributed by atoms with Gasteiger partial charge in [0.1, 0.15) is 41.1 Å². The van der Waals surface area contributed by atoms with Crippen LogP contribution in [-0.2, 0) is 40.8 Å². The first-order valence-electron chi connectivity index (χ1n) is 17.5. The van der Waals surface area contributed by atoms with Gasteiger partial charge in [0, 0.05) is 36.9 Å². The third-order valence-electron chi connectivity index (χ3n) is 9.43. The Kier molecular flexibility index (Phi) is 10.0. The number of aryl methyl sites for hydroxylation is 1. The summed E-state index contributed by atoms with van der Waals surface area (Å²) < 4.78 is 89.7. The molecule has 7 rings (SSSR count). The van der Waals surface area contributed by atoms with Crippen molar-refractivity contribution in [3.63, 3.8) is 0 Å². The molecule has 300 valence electrons. The van der Waals surface area contributed by atoms with Crippen molar-refractivity contribution in [3.8, 4) is 34.8 Å². The normalized spacial score (nSPS) is 16.9. The minimum atomic E-state index is -3.82. The van der Waals surface area contributed by atoms with Gasteiger partial charge in [0.05, 0.1) is 39.8 Å². The number of benzene rings is 2. The number of nitrogens with zero attached hydrogens (tertiary/aromatic N) is 5. The summed E-state index contributed by atoms with van der Waals surface area (Å²) in [5.41, 5.74) is -1.20. The number of aromatic nitrogens is 5. The van der Waals surface area contributed by atoms with Gasteiger partial charge in [-0.05, 0) is 62.1 Å². The molecule has 3 heterocycles. The molecule has 0 spiro atoms. The van der Waals surface area contributed by atoms with E-state index in [1.165, 1.54) is 37.7 Å². The second kappa shape index (κ2) is 14.5. The van der Waals surface area contributed by atoms with E-state index in [9.17, 15) is 31.9 Å². The summed E-state index contributed by atoms with van der Waals surface area (Å²) in [5.74, 6) is 1.13. The molecule has 2 aromatic carbocycles. The average Bonchev–Trinajstić information content (AvgIpc) is 3.66. The van der Waals surface area contributed by atoms with Crippen LogP contribution < -0.4 is 15.4 Å². The Bertz CT molecular complexity index is 2790. The number of amides is 2. The fourth-order valence-electron chi connectivity index (χ4n) is 7.11. The fraction of sp³-hybridized carbons (Fsp3) is 0.308. The highest BCUT2D eigenvalue weighted by molar-refractivity contribution is 7.92. The van der Waals surface area contributed by atoms with Crippen molar-refractivity contribution < 1.29 is 40.7 Å². The number of carbonyl (C=O) groups is 2. The molecule has 0 fully saturated rings. The molecule has 2 aliphatic carbocycles. The molecule has 2 aliphatic rings. The van der Waals surface area contributed by atoms with Crippen LogP contribution in [-0.4, -0.2) is 68.8 Å². The Hall–Kier alpha value is -5.95. The van der Waals surface area contributed by atoms with Crippen molar-refractivity contribution in [2.75, 3.05) is 18.0 Å². The molecule has 0 saturated heterocycles. The molecule has 0 radical (unpaired) electrons. The second-order valence-electron chi connectivity index (χ2n) is 14.4. The zero-order valence-corrected chi connectivity index (χ0v) is 32.9. The zero-order valence-electron chi connectivity index (χ0n) is 31.3. The van der Waals surface area contributed by atoms with E-state index in [2.05, 4.69) is 49.2 Å². The lowest BCUT2D eigenvalue weighted by atomic mass is 9.84. The number of alkyl halides is 2. The number of anilines is 1. The molecule has 0 bridgehead atoms. The Morgan fingerprint density at radius 2 is 1.78 bits per heavy atom. The van der Waals surface area contributed by atoms with E-state index in [4.69, 9.17) is 16.6 Å². The maximum Gasteiger partial charge on any atom is 0.304 e. The predicted molar refractivity (Wildman–Crippen MR) is 205 cm³/mol. The van der Waals surface area contributed by atoms with E-state index in [1.807, 2.05) is 0 Å². The lowest BCUT2D eigenvalue weighted by Gasteiger charge is -2.24. The van der Waals surface area contributed by atoms with Crippen LogP contribution >= 0.6 is 11.6 Å². The smallest absolute Gasteiger partial charge is 0.304 e. The molecule has 2 amide bonds. The van der Waals surface area contributed by atoms with E-state index < -0.39 is 75.1 Å². The van der Waals surface area contributed by atoms with Crippen LogP contribution in [0.1, 0.15) is 64.5 Å². The van der Waals surface area contributed by atoms with Crippen molar-refractivity contribution >= 4 is 50.2 Å². The first kappa shape index (κ1) is 40.3. The molecule has 19 heteroatoms. The summed E-state index contributed by atoms with van der Waals surface area (Å²) >= 11 is 6.60. The summed E-state index contributed by atoms with van der Waals surface area (Å²) in [6.07, 6.45) is 0.639. The van der Waals surface area contributed by atoms with Gasteiger partial charge in [-0.15, -0.1) is 0 Å². The summed E-state index contributed by atoms with van der Waals surface area (Å²) in [7, 11) is -0.964. The summed E-state index contributed by atoms with van der Waals surface area (Å²) in [5, 5.41) is 24.3. The molecule has 3 atom stereocenters. The number of nitrogens with one attached hydrogen (secondary N) is 3. The topological polar surface area (TPSA) is 173 Å². The van der Waals surface area contributed by atoms with Crippen LogP contribution in [0.2, 0.25) is 5.02 Å². The van der Waals surface area contributed by atoms with Crippen molar-refractivity contribution in [3.05, 3.63) is 93.0 Å². The number of aliphatic hydroxyl groups is 1. The number of sulfonamides is 1. The van der Waals surface area contributed by atoms with Gasteiger partial charge >= 0.3 is 5.92 Å². The third kappa shape index (κ3) is 7.58. The third-order valence-corrected chi connectivity index (χ3v) is 10.3. The number of pyridine rings is 1. The van der Waals surface area contributed by atoms with Gasteiger partial charge in [0.25, 0.3) is 5.91 Å². The summed E-state index contributed by atoms with van der Waals surface area (Å²) in [6, 6.07) is 7.71. The van der Waals surface area contributed by atoms with Gasteiger partial charge in [-0.2, -0.15) is 19.0 Å². The van der Waals surface area contributed by atoms with Crippen LogP contribution in [0.5, 0.6) is 0 Å². The molecule has 13 nitrogen and oxygen atoms in total. The Balaban J connectivity index is 1.39. The standard InChI is InChI=1S/C39H33ClF4N8O5S/c1-38(2,55)13-12-22-6-7-23(24-9-11-27(40)31-34(24)51(4)49-36(31)50-58(5,56)57)32(46-22)28(16-19-14-20(41)17-21(42)15-19)47-29(53)18-52-35-30(33(48-52)37(54)45-3)25-8-10-26(25)39(35,43)44/h6-7,9,11,14-15,17,25-26,28,55H,16,18H2,1-5H3,(H,45,54)(H,47,53)(H,49,50)/t25-,26+,28-/m0/s1. The quantitative estimate of drug-likeness (QED) is 0.117. The van der Waals surface area contributed by atoms with E-state index in [1.54, 1.807) is 19.2 Å². The lowest BCUT2D eigenvalue weighted by molar-refractivity contribution is -0.123. The van der Waals surface area contributed by atoms with E-state index in [0.29, 0.717) is 22.7 Å². The number of halogens is 5. The van der Waals surface area contributed by atoms with E-state index >= 15 is 8.78 Å². The van der Waals surface area contributed by atoms with Crippen LogP contribution in [0.3, 0.4) is 0 Å². The van der Waals surface area contributed by atoms with Gasteiger partial charge in [0.2, 0.25) is 15.9 Å². The average molecular weight is 837 g/mol. The van der Waals surface area contributed by atoms with Crippen LogP contribution in [0.15, 0.2) is 42.5 Å². The monoisotopic (exact) mass is 836 g/mol. The second-order valence-corrected chi connectivity index (χ2v) is 16.6. The molecular formula is C39H33ClF4N8O5S. The minimum Gasteiger partial charge on any atom is -0.378 e. The minimum absolute atomic E-state index is 0.0662. The molecular weight excluding hydrogens is 804 g/mol. The Labute approximate surface area is 334 Å². The molecule has 4 N–H and O–H groups in total. The van der Waals surface area contributed by atoms with Crippen LogP contribution in [0.4, 0.5) is 23.4 Å². The number of carbonyl (C=O) groups excluding carboxylic acids is 2. The zero-order chi connectivity index (χ0) is 42.1. The van der Waals surface area contributed by atoms with Gasteiger partial charge < -0.3 is 15.7 Å². The van der Waals surface area contributed by atoms with E-state index in [-0.39, 0.29) is 50.9 Å². The van der Waals surface area contributed by atoms with Gasteiger partial charge in [0.15, 0.2) is 11.5 Å². The Morgan fingerprint density at radius 1 is 1.09 bits per heavy atom. The van der Waals surface area contributed by atoms with Crippen molar-refractivity contribution in [2.24, 2.45) is 13.0 Å². The molecule has 5 aromatic rings. The largest absolute Gasteiger partial charge is 0.378 e. The summed E-state index contributed by atoms with van der Waals surface area (Å²) in [6.45, 7) is 2.09. The maximum absolute atomic E-state index is 15.7. The molecule has 0 aliphatic heterocycles. The fourth-order valence-corrected chi connectivity index (χ4v) is 7.85. The maximum atomic E-state index is 15.7. The number of fused-ring (bicyclic) bond motifs is 4. The number of rotatable bonds is 10. The molecule has 0 unspecified atom stereocenters. The van der Waals surface area contributed by atoms with Gasteiger partial charge in [-0.1, -0.05) is 35.4 Å².